The molecule has 2 heterocycles. The minimum absolute atomic E-state index is 0.0679. The van der Waals surface area contributed by atoms with Crippen molar-refractivity contribution in [2.45, 2.75) is 25.4 Å². The largest absolute Gasteiger partial charge is 0.394 e. The third-order valence-corrected chi connectivity index (χ3v) is 6.37. The third-order valence-electron chi connectivity index (χ3n) is 6.37. The fraction of sp³-hybridized carbons (Fsp3) is 0.333. The number of carbonyl (C=O) groups is 1. The van der Waals surface area contributed by atoms with Crippen LogP contribution in [0.15, 0.2) is 54.1 Å². The number of aliphatic hydroxyl groups is 2. The summed E-state index contributed by atoms with van der Waals surface area (Å²) < 4.78 is 1.94. The van der Waals surface area contributed by atoms with Crippen LogP contribution in [0, 0.1) is 11.3 Å². The Morgan fingerprint density at radius 3 is 2.59 bits per heavy atom. The molecule has 3 aromatic rings. The van der Waals surface area contributed by atoms with Crippen LogP contribution < -0.4 is 10.2 Å². The lowest BCUT2D eigenvalue weighted by Crippen LogP contribution is -2.34. The van der Waals surface area contributed by atoms with E-state index in [4.69, 9.17) is 5.11 Å². The molecule has 1 atom stereocenters. The van der Waals surface area contributed by atoms with Gasteiger partial charge in [0.25, 0.3) is 5.91 Å². The van der Waals surface area contributed by atoms with Crippen LogP contribution in [0.1, 0.15) is 25.0 Å². The summed E-state index contributed by atoms with van der Waals surface area (Å²) >= 11 is 0. The van der Waals surface area contributed by atoms with Crippen molar-refractivity contribution in [3.8, 4) is 17.3 Å². The van der Waals surface area contributed by atoms with Gasteiger partial charge in [-0.1, -0.05) is 18.2 Å². The summed E-state index contributed by atoms with van der Waals surface area (Å²) in [5.74, 6) is -0.590. The van der Waals surface area contributed by atoms with Gasteiger partial charge in [-0.25, -0.2) is 0 Å². The number of hydrogen-bond donors (Lipinski definition) is 3. The lowest BCUT2D eigenvalue weighted by Gasteiger charge is -2.29. The minimum Gasteiger partial charge on any atom is -0.394 e. The molecule has 0 radical (unpaired) electrons. The van der Waals surface area contributed by atoms with Crippen molar-refractivity contribution < 1.29 is 15.0 Å². The maximum atomic E-state index is 12.3. The van der Waals surface area contributed by atoms with Crippen LogP contribution in [0.3, 0.4) is 0 Å². The van der Waals surface area contributed by atoms with Crippen molar-refractivity contribution >= 4 is 28.4 Å². The molecule has 34 heavy (non-hydrogen) atoms. The highest BCUT2D eigenvalue weighted by Gasteiger charge is 2.14. The number of aromatic nitrogens is 1. The Labute approximate surface area is 199 Å². The normalized spacial score (nSPS) is 15.2. The number of anilines is 1. The predicted molar refractivity (Wildman–Crippen MR) is 134 cm³/mol. The van der Waals surface area contributed by atoms with E-state index in [0.717, 1.165) is 29.7 Å². The average Bonchev–Trinajstić information content (AvgIpc) is 3.25. The van der Waals surface area contributed by atoms with Crippen LogP contribution >= 0.6 is 0 Å². The van der Waals surface area contributed by atoms with E-state index >= 15 is 0 Å². The van der Waals surface area contributed by atoms with E-state index in [1.54, 1.807) is 0 Å². The number of hydrogen-bond acceptors (Lipinski definition) is 5. The zero-order valence-corrected chi connectivity index (χ0v) is 19.4. The van der Waals surface area contributed by atoms with E-state index in [-0.39, 0.29) is 12.1 Å². The summed E-state index contributed by atoms with van der Waals surface area (Å²) in [7, 11) is 1.90. The zero-order chi connectivity index (χ0) is 24.1. The maximum absolute atomic E-state index is 12.3. The van der Waals surface area contributed by atoms with E-state index < -0.39 is 18.6 Å². The average molecular weight is 459 g/mol. The van der Waals surface area contributed by atoms with E-state index in [2.05, 4.69) is 46.6 Å². The van der Waals surface area contributed by atoms with Gasteiger partial charge in [0.05, 0.1) is 12.7 Å². The van der Waals surface area contributed by atoms with Gasteiger partial charge >= 0.3 is 0 Å². The van der Waals surface area contributed by atoms with Crippen LogP contribution in [0.5, 0.6) is 0 Å². The molecule has 7 nitrogen and oxygen atoms in total. The molecular formula is C27H30N4O3. The Balaban J connectivity index is 1.56. The molecule has 2 aromatic carbocycles. The maximum Gasteiger partial charge on any atom is 0.262 e. The van der Waals surface area contributed by atoms with Gasteiger partial charge in [0.2, 0.25) is 0 Å². The number of piperidine rings is 1. The van der Waals surface area contributed by atoms with Crippen molar-refractivity contribution in [3.63, 3.8) is 0 Å². The highest BCUT2D eigenvalue weighted by Crippen LogP contribution is 2.30. The van der Waals surface area contributed by atoms with E-state index in [1.165, 1.54) is 36.4 Å². The van der Waals surface area contributed by atoms with Gasteiger partial charge in [0.15, 0.2) is 0 Å². The fourth-order valence-electron chi connectivity index (χ4n) is 4.37. The molecule has 4 rings (SSSR count). The second-order valence-corrected chi connectivity index (χ2v) is 8.71. The molecule has 3 N–H and O–H groups in total. The first kappa shape index (κ1) is 23.6. The molecule has 1 aromatic heterocycles. The van der Waals surface area contributed by atoms with Crippen LogP contribution in [0.4, 0.5) is 5.69 Å². The predicted octanol–water partition coefficient (Wildman–Crippen LogP) is 3.21. The summed E-state index contributed by atoms with van der Waals surface area (Å²) in [5, 5.41) is 32.5. The molecule has 176 valence electrons. The van der Waals surface area contributed by atoms with E-state index in [9.17, 15) is 15.2 Å². The second kappa shape index (κ2) is 10.6. The van der Waals surface area contributed by atoms with Gasteiger partial charge in [-0.2, -0.15) is 5.26 Å². The van der Waals surface area contributed by atoms with Crippen LogP contribution in [-0.4, -0.2) is 53.0 Å². The number of nitriles is 1. The molecule has 7 heteroatoms. The van der Waals surface area contributed by atoms with E-state index in [1.807, 2.05) is 29.8 Å². The van der Waals surface area contributed by atoms with Crippen molar-refractivity contribution in [2.24, 2.45) is 7.05 Å². The van der Waals surface area contributed by atoms with Gasteiger partial charge < -0.3 is 25.0 Å². The first-order valence-electron chi connectivity index (χ1n) is 11.6. The highest BCUT2D eigenvalue weighted by molar-refractivity contribution is 6.01. The third kappa shape index (κ3) is 5.14. The Kier molecular flexibility index (Phi) is 7.31. The Bertz CT molecular complexity index is 1250. The lowest BCUT2D eigenvalue weighted by molar-refractivity contribution is -0.117. The monoisotopic (exact) mass is 458 g/mol. The number of aliphatic hydroxyl groups excluding tert-OH is 2. The molecule has 1 unspecified atom stereocenters. The molecule has 0 spiro atoms. The molecule has 0 saturated carbocycles. The summed E-state index contributed by atoms with van der Waals surface area (Å²) in [6.45, 7) is 1.66. The van der Waals surface area contributed by atoms with Crippen LogP contribution in [0.2, 0.25) is 0 Å². The van der Waals surface area contributed by atoms with Crippen molar-refractivity contribution in [1.82, 2.24) is 9.88 Å². The highest BCUT2D eigenvalue weighted by atomic mass is 16.3. The van der Waals surface area contributed by atoms with Gasteiger partial charge in [0.1, 0.15) is 11.6 Å². The SMILES string of the molecule is Cn1c(C=C(C#N)C(=O)NCC(O)CO)ccc1-c1ccc2cc(N3CCCCC3)ccc2c1. The van der Waals surface area contributed by atoms with Crippen molar-refractivity contribution in [2.75, 3.05) is 31.1 Å². The number of carbonyl (C=O) groups excluding carboxylic acids is 1. The Morgan fingerprint density at radius 1 is 1.12 bits per heavy atom. The Morgan fingerprint density at radius 2 is 1.85 bits per heavy atom. The molecule has 1 fully saturated rings. The Hall–Kier alpha value is -3.60. The minimum atomic E-state index is -1.06. The number of rotatable bonds is 7. The topological polar surface area (TPSA) is 102 Å². The first-order valence-corrected chi connectivity index (χ1v) is 11.6. The number of amides is 1. The van der Waals surface area contributed by atoms with Gasteiger partial charge in [-0.3, -0.25) is 4.79 Å². The van der Waals surface area contributed by atoms with E-state index in [0.29, 0.717) is 5.69 Å². The quantitative estimate of drug-likeness (QED) is 0.373. The lowest BCUT2D eigenvalue weighted by atomic mass is 10.0. The number of benzene rings is 2. The molecule has 1 aliphatic rings. The molecule has 1 amide bonds. The van der Waals surface area contributed by atoms with Gasteiger partial charge in [-0.15, -0.1) is 0 Å². The first-order chi connectivity index (χ1) is 16.5. The van der Waals surface area contributed by atoms with Crippen molar-refractivity contribution in [1.29, 1.82) is 5.26 Å². The summed E-state index contributed by atoms with van der Waals surface area (Å²) in [6.07, 6.45) is 4.28. The molecule has 0 bridgehead atoms. The number of nitrogens with one attached hydrogen (secondary N) is 1. The molecular weight excluding hydrogens is 428 g/mol. The standard InChI is InChI=1S/C27H30N4O3/c1-30-23(15-22(16-28)27(34)29-17-25(33)18-32)9-10-26(30)21-6-5-20-14-24(8-7-19(20)13-21)31-11-3-2-4-12-31/h5-10,13-15,25,32-33H,2-4,11-12,17-18H2,1H3,(H,29,34). The summed E-state index contributed by atoms with van der Waals surface area (Å²) in [5.41, 5.74) is 3.95. The second-order valence-electron chi connectivity index (χ2n) is 8.71. The molecule has 1 saturated heterocycles. The van der Waals surface area contributed by atoms with Gasteiger partial charge in [0, 0.05) is 43.8 Å². The molecule has 1 aliphatic heterocycles. The molecule has 0 aliphatic carbocycles. The van der Waals surface area contributed by atoms with Crippen LogP contribution in [0.25, 0.3) is 28.1 Å². The summed E-state index contributed by atoms with van der Waals surface area (Å²) in [4.78, 5) is 14.7. The zero-order valence-electron chi connectivity index (χ0n) is 19.4. The van der Waals surface area contributed by atoms with Gasteiger partial charge in [-0.05, 0) is 72.0 Å². The number of fused-ring (bicyclic) bond motifs is 1. The number of nitrogens with zero attached hydrogens (tertiary/aromatic N) is 3. The smallest absolute Gasteiger partial charge is 0.262 e. The summed E-state index contributed by atoms with van der Waals surface area (Å²) in [6, 6.07) is 18.8. The van der Waals surface area contributed by atoms with Crippen LogP contribution in [-0.2, 0) is 11.8 Å². The fourth-order valence-corrected chi connectivity index (χ4v) is 4.37. The van der Waals surface area contributed by atoms with Crippen molar-refractivity contribution in [3.05, 3.63) is 59.8 Å².